The predicted molar refractivity (Wildman–Crippen MR) is 61.9 cm³/mol. The molecule has 1 heterocycles. The molecule has 1 aliphatic rings. The second-order valence-corrected chi connectivity index (χ2v) is 5.29. The first-order valence-corrected chi connectivity index (χ1v) is 5.61. The highest BCUT2D eigenvalue weighted by Gasteiger charge is 2.36. The van der Waals surface area contributed by atoms with E-state index in [-0.39, 0.29) is 0 Å². The zero-order valence-electron chi connectivity index (χ0n) is 10.8. The normalized spacial score (nSPS) is 22.4. The van der Waals surface area contributed by atoms with Crippen molar-refractivity contribution >= 4 is 12.1 Å². The van der Waals surface area contributed by atoms with Crippen LogP contribution < -0.4 is 0 Å². The third-order valence-electron chi connectivity index (χ3n) is 2.50. The van der Waals surface area contributed by atoms with Crippen molar-refractivity contribution in [2.24, 2.45) is 0 Å². The molecule has 0 aromatic carbocycles. The summed E-state index contributed by atoms with van der Waals surface area (Å²) in [6.07, 6.45) is -0.557. The molecule has 0 aliphatic carbocycles. The van der Waals surface area contributed by atoms with Crippen LogP contribution in [0.4, 0.5) is 4.79 Å². The number of carbonyl (C=O) groups excluding carboxylic acids is 1. The molecule has 1 N–H and O–H groups in total. The third-order valence-corrected chi connectivity index (χ3v) is 2.50. The molecule has 0 aromatic rings. The van der Waals surface area contributed by atoms with E-state index in [2.05, 4.69) is 0 Å². The molecule has 1 amide bonds. The van der Waals surface area contributed by atoms with E-state index in [1.807, 2.05) is 11.9 Å². The van der Waals surface area contributed by atoms with Crippen LogP contribution in [0.1, 0.15) is 20.8 Å². The van der Waals surface area contributed by atoms with E-state index in [4.69, 9.17) is 9.84 Å². The number of nitrogens with zero attached hydrogens (tertiary/aromatic N) is 2. The minimum Gasteiger partial charge on any atom is -0.480 e. The number of aliphatic carboxylic acids is 1. The Morgan fingerprint density at radius 3 is 2.35 bits per heavy atom. The van der Waals surface area contributed by atoms with E-state index in [1.54, 1.807) is 20.8 Å². The lowest BCUT2D eigenvalue weighted by Gasteiger charge is -2.38. The summed E-state index contributed by atoms with van der Waals surface area (Å²) in [6.45, 7) is 6.64. The monoisotopic (exact) mass is 244 g/mol. The first kappa shape index (κ1) is 13.8. The van der Waals surface area contributed by atoms with Crippen LogP contribution in [0.25, 0.3) is 0 Å². The standard InChI is InChI=1S/C11H20N2O4/c1-11(2,3)17-10(16)13-6-5-12(4)7-8(13)9(14)15/h8H,5-7H2,1-4H3,(H,14,15). The van der Waals surface area contributed by atoms with E-state index in [0.717, 1.165) is 0 Å². The molecule has 1 saturated heterocycles. The Bertz CT molecular complexity index is 311. The van der Waals surface area contributed by atoms with Gasteiger partial charge in [-0.1, -0.05) is 0 Å². The molecule has 0 bridgehead atoms. The summed E-state index contributed by atoms with van der Waals surface area (Å²) in [6, 6.07) is -0.830. The highest BCUT2D eigenvalue weighted by atomic mass is 16.6. The first-order valence-electron chi connectivity index (χ1n) is 5.61. The Morgan fingerprint density at radius 2 is 1.88 bits per heavy atom. The summed E-state index contributed by atoms with van der Waals surface area (Å²) in [5.41, 5.74) is -0.608. The van der Waals surface area contributed by atoms with Gasteiger partial charge in [-0.2, -0.15) is 0 Å². The molecule has 0 radical (unpaired) electrons. The highest BCUT2D eigenvalue weighted by Crippen LogP contribution is 2.15. The van der Waals surface area contributed by atoms with Crippen LogP contribution in [-0.4, -0.2) is 65.3 Å². The van der Waals surface area contributed by atoms with Crippen LogP contribution in [0.2, 0.25) is 0 Å². The number of carbonyl (C=O) groups is 2. The number of ether oxygens (including phenoxy) is 1. The highest BCUT2D eigenvalue weighted by molar-refractivity contribution is 5.80. The lowest BCUT2D eigenvalue weighted by molar-refractivity contribution is -0.145. The number of hydrogen-bond donors (Lipinski definition) is 1. The largest absolute Gasteiger partial charge is 0.480 e. The topological polar surface area (TPSA) is 70.1 Å². The zero-order valence-corrected chi connectivity index (χ0v) is 10.8. The van der Waals surface area contributed by atoms with Crippen molar-refractivity contribution in [1.82, 2.24) is 9.80 Å². The van der Waals surface area contributed by atoms with Gasteiger partial charge >= 0.3 is 12.1 Å². The summed E-state index contributed by atoms with van der Waals surface area (Å²) in [4.78, 5) is 26.1. The molecule has 6 nitrogen and oxygen atoms in total. The number of likely N-dealkylation sites (N-methyl/N-ethyl adjacent to an activating group) is 1. The van der Waals surface area contributed by atoms with Crippen molar-refractivity contribution in [2.45, 2.75) is 32.4 Å². The number of carboxylic acid groups (broad SMARTS) is 1. The second-order valence-electron chi connectivity index (χ2n) is 5.29. The number of piperazine rings is 1. The van der Waals surface area contributed by atoms with Crippen LogP contribution in [0.3, 0.4) is 0 Å². The average Bonchev–Trinajstić information content (AvgIpc) is 2.14. The molecule has 1 atom stereocenters. The molecule has 6 heteroatoms. The van der Waals surface area contributed by atoms with Gasteiger partial charge in [0.2, 0.25) is 0 Å². The number of rotatable bonds is 1. The fourth-order valence-electron chi connectivity index (χ4n) is 1.67. The minimum absolute atomic E-state index is 0.328. The summed E-state index contributed by atoms with van der Waals surface area (Å²) in [5.74, 6) is -0.998. The van der Waals surface area contributed by atoms with E-state index in [9.17, 15) is 9.59 Å². The molecule has 1 aliphatic heterocycles. The molecular weight excluding hydrogens is 224 g/mol. The number of hydrogen-bond acceptors (Lipinski definition) is 4. The quantitative estimate of drug-likeness (QED) is 0.732. The average molecular weight is 244 g/mol. The SMILES string of the molecule is CN1CCN(C(=O)OC(C)(C)C)C(C(=O)O)C1. The summed E-state index contributed by atoms with van der Waals surface area (Å²) < 4.78 is 5.20. The summed E-state index contributed by atoms with van der Waals surface area (Å²) in [5, 5.41) is 9.10. The van der Waals surface area contributed by atoms with Gasteiger partial charge in [-0.3, -0.25) is 4.90 Å². The van der Waals surface area contributed by atoms with Crippen molar-refractivity contribution in [2.75, 3.05) is 26.7 Å². The van der Waals surface area contributed by atoms with Crippen molar-refractivity contribution < 1.29 is 19.4 Å². The van der Waals surface area contributed by atoms with Gasteiger partial charge in [-0.15, -0.1) is 0 Å². The summed E-state index contributed by atoms with van der Waals surface area (Å²) >= 11 is 0. The molecule has 0 saturated carbocycles. The van der Waals surface area contributed by atoms with Gasteiger partial charge < -0.3 is 14.7 Å². The summed E-state index contributed by atoms with van der Waals surface area (Å²) in [7, 11) is 1.84. The maximum atomic E-state index is 11.9. The predicted octanol–water partition coefficient (Wildman–Crippen LogP) is 0.622. The lowest BCUT2D eigenvalue weighted by atomic mass is 10.2. The Morgan fingerprint density at radius 1 is 1.29 bits per heavy atom. The van der Waals surface area contributed by atoms with E-state index < -0.39 is 23.7 Å². The van der Waals surface area contributed by atoms with Crippen molar-refractivity contribution in [3.8, 4) is 0 Å². The molecule has 0 aromatic heterocycles. The molecule has 98 valence electrons. The maximum absolute atomic E-state index is 11.9. The Kier molecular flexibility index (Phi) is 3.98. The van der Waals surface area contributed by atoms with Crippen molar-refractivity contribution in [3.05, 3.63) is 0 Å². The molecule has 17 heavy (non-hydrogen) atoms. The van der Waals surface area contributed by atoms with Crippen molar-refractivity contribution in [3.63, 3.8) is 0 Å². The number of amides is 1. The van der Waals surface area contributed by atoms with Crippen molar-refractivity contribution in [1.29, 1.82) is 0 Å². The third kappa shape index (κ3) is 3.89. The first-order chi connectivity index (χ1) is 7.70. The van der Waals surface area contributed by atoms with Crippen LogP contribution >= 0.6 is 0 Å². The molecule has 1 fully saturated rings. The molecular formula is C11H20N2O4. The van der Waals surface area contributed by atoms with Gasteiger partial charge in [-0.05, 0) is 27.8 Å². The zero-order chi connectivity index (χ0) is 13.2. The smallest absolute Gasteiger partial charge is 0.411 e. The van der Waals surface area contributed by atoms with Crippen LogP contribution in [-0.2, 0) is 9.53 Å². The van der Waals surface area contributed by atoms with Gasteiger partial charge in [0.15, 0.2) is 0 Å². The Labute approximate surface area is 101 Å². The maximum Gasteiger partial charge on any atom is 0.411 e. The lowest BCUT2D eigenvalue weighted by Crippen LogP contribution is -2.58. The van der Waals surface area contributed by atoms with Gasteiger partial charge in [0, 0.05) is 19.6 Å². The van der Waals surface area contributed by atoms with E-state index in [1.165, 1.54) is 4.90 Å². The van der Waals surface area contributed by atoms with Gasteiger partial charge in [-0.25, -0.2) is 9.59 Å². The number of carboxylic acids is 1. The minimum atomic E-state index is -0.998. The fraction of sp³-hybridized carbons (Fsp3) is 0.818. The van der Waals surface area contributed by atoms with E-state index >= 15 is 0 Å². The Hall–Kier alpha value is -1.30. The van der Waals surface area contributed by atoms with Gasteiger partial charge in [0.05, 0.1) is 0 Å². The molecule has 1 rings (SSSR count). The van der Waals surface area contributed by atoms with Crippen LogP contribution in [0.15, 0.2) is 0 Å². The fourth-order valence-corrected chi connectivity index (χ4v) is 1.67. The molecule has 1 unspecified atom stereocenters. The van der Waals surface area contributed by atoms with Crippen LogP contribution in [0, 0.1) is 0 Å². The van der Waals surface area contributed by atoms with Gasteiger partial charge in [0.25, 0.3) is 0 Å². The second kappa shape index (κ2) is 4.91. The van der Waals surface area contributed by atoms with Gasteiger partial charge in [0.1, 0.15) is 11.6 Å². The molecule has 0 spiro atoms. The Balaban J connectivity index is 2.73. The van der Waals surface area contributed by atoms with E-state index in [0.29, 0.717) is 19.6 Å². The van der Waals surface area contributed by atoms with Crippen LogP contribution in [0.5, 0.6) is 0 Å².